The Morgan fingerprint density at radius 1 is 0.973 bits per heavy atom. The number of nitrogens with one attached hydrogen (secondary N) is 1. The third-order valence-electron chi connectivity index (χ3n) is 6.33. The molecule has 5 aromatic rings. The summed E-state index contributed by atoms with van der Waals surface area (Å²) >= 11 is 0. The number of aromatic carboxylic acids is 1. The minimum atomic E-state index is -1.12. The number of carboxylic acid groups (broad SMARTS) is 1. The highest BCUT2D eigenvalue weighted by atomic mass is 16.4. The predicted molar refractivity (Wildman–Crippen MR) is 138 cm³/mol. The first kappa shape index (κ1) is 23.9. The standard InChI is InChI=1S/C27H24N6O4/c1-2-3-14-32-25(34)22-13-12-19(26(35)36)15-23(22)33(27(32)37)16-17-8-10-18(11-9-17)20-6-4-5-7-21(20)24-28-30-31-29-24/h4-13,15H,2-3,14,16H2,1H3,(H,35,36)(H,28,29,30,31). The number of aromatic amines is 1. The Kier molecular flexibility index (Phi) is 6.46. The summed E-state index contributed by atoms with van der Waals surface area (Å²) in [6.45, 7) is 2.47. The number of nitrogens with zero attached hydrogens (tertiary/aromatic N) is 5. The number of hydrogen-bond acceptors (Lipinski definition) is 6. The molecule has 0 fully saturated rings. The van der Waals surface area contributed by atoms with Crippen molar-refractivity contribution in [1.29, 1.82) is 0 Å². The molecule has 0 atom stereocenters. The lowest BCUT2D eigenvalue weighted by atomic mass is 9.98. The van der Waals surface area contributed by atoms with Crippen molar-refractivity contribution in [2.24, 2.45) is 0 Å². The Morgan fingerprint density at radius 3 is 2.41 bits per heavy atom. The van der Waals surface area contributed by atoms with Crippen LogP contribution in [0.4, 0.5) is 0 Å². The minimum absolute atomic E-state index is 0.0137. The lowest BCUT2D eigenvalue weighted by Gasteiger charge is -2.15. The zero-order valence-electron chi connectivity index (χ0n) is 20.1. The number of tetrazole rings is 1. The molecule has 3 aromatic carbocycles. The second-order valence-electron chi connectivity index (χ2n) is 8.69. The molecule has 0 saturated carbocycles. The Balaban J connectivity index is 1.58. The van der Waals surface area contributed by atoms with Crippen LogP contribution in [0.3, 0.4) is 0 Å². The van der Waals surface area contributed by atoms with Gasteiger partial charge in [0.15, 0.2) is 0 Å². The lowest BCUT2D eigenvalue weighted by molar-refractivity contribution is 0.0697. The van der Waals surface area contributed by atoms with Crippen molar-refractivity contribution in [3.63, 3.8) is 0 Å². The van der Waals surface area contributed by atoms with Crippen LogP contribution in [0.15, 0.2) is 76.3 Å². The van der Waals surface area contributed by atoms with E-state index in [-0.39, 0.29) is 12.1 Å². The molecule has 0 aliphatic rings. The molecule has 0 aliphatic heterocycles. The molecular formula is C27H24N6O4. The molecule has 2 aromatic heterocycles. The molecule has 2 N–H and O–H groups in total. The number of unbranched alkanes of at least 4 members (excludes halogenated alkanes) is 1. The summed E-state index contributed by atoms with van der Waals surface area (Å²) < 4.78 is 2.71. The Bertz CT molecular complexity index is 1700. The molecule has 10 heteroatoms. The van der Waals surface area contributed by atoms with Gasteiger partial charge in [0.25, 0.3) is 5.56 Å². The molecule has 0 unspecified atom stereocenters. The van der Waals surface area contributed by atoms with Gasteiger partial charge in [-0.3, -0.25) is 13.9 Å². The van der Waals surface area contributed by atoms with Crippen LogP contribution in [-0.4, -0.2) is 40.8 Å². The first-order valence-electron chi connectivity index (χ1n) is 11.9. The summed E-state index contributed by atoms with van der Waals surface area (Å²) in [5, 5.41) is 24.1. The molecule has 0 spiro atoms. The molecule has 10 nitrogen and oxygen atoms in total. The maximum absolute atomic E-state index is 13.4. The molecule has 0 amide bonds. The van der Waals surface area contributed by atoms with Crippen molar-refractivity contribution in [3.05, 3.63) is 98.7 Å². The largest absolute Gasteiger partial charge is 0.478 e. The monoisotopic (exact) mass is 496 g/mol. The van der Waals surface area contributed by atoms with Crippen LogP contribution in [0.1, 0.15) is 35.7 Å². The van der Waals surface area contributed by atoms with Crippen LogP contribution < -0.4 is 11.2 Å². The van der Waals surface area contributed by atoms with Crippen molar-refractivity contribution in [2.75, 3.05) is 0 Å². The van der Waals surface area contributed by atoms with Crippen molar-refractivity contribution in [3.8, 4) is 22.5 Å². The SMILES string of the molecule is CCCCn1c(=O)c2ccc(C(=O)O)cc2n(Cc2ccc(-c3ccccc3-c3nn[nH]n3)cc2)c1=O. The summed E-state index contributed by atoms with van der Waals surface area (Å²) in [6.07, 6.45) is 1.51. The van der Waals surface area contributed by atoms with Crippen LogP contribution in [-0.2, 0) is 13.1 Å². The summed E-state index contributed by atoms with van der Waals surface area (Å²) in [5.74, 6) is -0.637. The average Bonchev–Trinajstić information content (AvgIpc) is 3.46. The van der Waals surface area contributed by atoms with E-state index in [0.717, 1.165) is 28.7 Å². The van der Waals surface area contributed by atoms with E-state index in [4.69, 9.17) is 0 Å². The molecule has 0 bridgehead atoms. The summed E-state index contributed by atoms with van der Waals surface area (Å²) in [6, 6.07) is 19.7. The van der Waals surface area contributed by atoms with Crippen LogP contribution in [0.25, 0.3) is 33.4 Å². The van der Waals surface area contributed by atoms with E-state index in [1.54, 1.807) is 0 Å². The van der Waals surface area contributed by atoms with Gasteiger partial charge in [-0.05, 0) is 46.5 Å². The second-order valence-corrected chi connectivity index (χ2v) is 8.69. The smallest absolute Gasteiger partial charge is 0.335 e. The second kappa shape index (κ2) is 10.0. The molecule has 0 saturated heterocycles. The first-order valence-corrected chi connectivity index (χ1v) is 11.9. The van der Waals surface area contributed by atoms with E-state index in [9.17, 15) is 19.5 Å². The molecular weight excluding hydrogens is 472 g/mol. The Morgan fingerprint density at radius 2 is 1.73 bits per heavy atom. The van der Waals surface area contributed by atoms with Crippen molar-refractivity contribution in [2.45, 2.75) is 32.9 Å². The van der Waals surface area contributed by atoms with E-state index in [1.165, 1.54) is 27.3 Å². The van der Waals surface area contributed by atoms with Crippen molar-refractivity contribution in [1.82, 2.24) is 29.8 Å². The molecule has 0 radical (unpaired) electrons. The van der Waals surface area contributed by atoms with Gasteiger partial charge in [0.2, 0.25) is 5.82 Å². The maximum Gasteiger partial charge on any atom is 0.335 e. The molecule has 2 heterocycles. The van der Waals surface area contributed by atoms with Crippen LogP contribution in [0, 0.1) is 0 Å². The maximum atomic E-state index is 13.4. The first-order chi connectivity index (χ1) is 18.0. The fourth-order valence-corrected chi connectivity index (χ4v) is 4.39. The highest BCUT2D eigenvalue weighted by Crippen LogP contribution is 2.29. The van der Waals surface area contributed by atoms with E-state index < -0.39 is 17.2 Å². The normalized spacial score (nSPS) is 11.2. The van der Waals surface area contributed by atoms with Crippen LogP contribution in [0.5, 0.6) is 0 Å². The minimum Gasteiger partial charge on any atom is -0.478 e. The van der Waals surface area contributed by atoms with Crippen LogP contribution >= 0.6 is 0 Å². The zero-order chi connectivity index (χ0) is 25.9. The molecule has 37 heavy (non-hydrogen) atoms. The van der Waals surface area contributed by atoms with E-state index in [2.05, 4.69) is 20.6 Å². The highest BCUT2D eigenvalue weighted by molar-refractivity contribution is 5.93. The number of fused-ring (bicyclic) bond motifs is 1. The quantitative estimate of drug-likeness (QED) is 0.335. The van der Waals surface area contributed by atoms with Crippen LogP contribution in [0.2, 0.25) is 0 Å². The van der Waals surface area contributed by atoms with Crippen molar-refractivity contribution < 1.29 is 9.90 Å². The number of carbonyl (C=O) groups is 1. The van der Waals surface area contributed by atoms with Gasteiger partial charge in [-0.25, -0.2) is 9.59 Å². The summed E-state index contributed by atoms with van der Waals surface area (Å²) in [5.41, 5.74) is 2.96. The number of H-pyrrole nitrogens is 1. The third-order valence-corrected chi connectivity index (χ3v) is 6.33. The van der Waals surface area contributed by atoms with Gasteiger partial charge in [0.1, 0.15) is 0 Å². The van der Waals surface area contributed by atoms with E-state index >= 15 is 0 Å². The van der Waals surface area contributed by atoms with Gasteiger partial charge in [-0.2, -0.15) is 5.21 Å². The van der Waals surface area contributed by atoms with Gasteiger partial charge in [-0.1, -0.05) is 61.9 Å². The summed E-state index contributed by atoms with van der Waals surface area (Å²) in [7, 11) is 0. The van der Waals surface area contributed by atoms with Gasteiger partial charge >= 0.3 is 11.7 Å². The fraction of sp³-hybridized carbons (Fsp3) is 0.185. The van der Waals surface area contributed by atoms with Gasteiger partial charge in [0, 0.05) is 12.1 Å². The van der Waals surface area contributed by atoms with Gasteiger partial charge < -0.3 is 5.11 Å². The van der Waals surface area contributed by atoms with Gasteiger partial charge in [-0.15, -0.1) is 10.2 Å². The third kappa shape index (κ3) is 4.56. The Hall–Kier alpha value is -4.86. The zero-order valence-corrected chi connectivity index (χ0v) is 20.1. The van der Waals surface area contributed by atoms with E-state index in [0.29, 0.717) is 29.7 Å². The number of hydrogen-bond donors (Lipinski definition) is 2. The predicted octanol–water partition coefficient (Wildman–Crippen LogP) is 3.56. The molecule has 5 rings (SSSR count). The highest BCUT2D eigenvalue weighted by Gasteiger charge is 2.16. The Labute approximate surface area is 210 Å². The fourth-order valence-electron chi connectivity index (χ4n) is 4.39. The molecule has 0 aliphatic carbocycles. The average molecular weight is 497 g/mol. The number of benzene rings is 3. The number of aromatic nitrogens is 6. The summed E-state index contributed by atoms with van der Waals surface area (Å²) in [4.78, 5) is 38.1. The number of rotatable bonds is 8. The number of carboxylic acids is 1. The molecule has 186 valence electrons. The van der Waals surface area contributed by atoms with Crippen molar-refractivity contribution >= 4 is 16.9 Å². The topological polar surface area (TPSA) is 136 Å². The van der Waals surface area contributed by atoms with Gasteiger partial charge in [0.05, 0.1) is 23.0 Å². The van der Waals surface area contributed by atoms with E-state index in [1.807, 2.05) is 55.5 Å². The lowest BCUT2D eigenvalue weighted by Crippen LogP contribution is -2.40.